The summed E-state index contributed by atoms with van der Waals surface area (Å²) in [4.78, 5) is 3.44. The van der Waals surface area contributed by atoms with E-state index in [0.717, 1.165) is 12.1 Å². The molecule has 1 aromatic carbocycles. The van der Waals surface area contributed by atoms with Crippen molar-refractivity contribution in [1.29, 1.82) is 0 Å². The van der Waals surface area contributed by atoms with Crippen LogP contribution in [-0.2, 0) is 0 Å². The lowest BCUT2D eigenvalue weighted by Gasteiger charge is -2.05. The van der Waals surface area contributed by atoms with Crippen molar-refractivity contribution < 1.29 is 17.6 Å². The molecule has 1 nitrogen and oxygen atoms in total. The number of hydrogen-bond donors (Lipinski definition) is 0. The molecule has 1 aromatic heterocycles. The smallest absolute Gasteiger partial charge is 0.246 e. The van der Waals surface area contributed by atoms with Gasteiger partial charge in [-0.25, -0.2) is 22.5 Å². The van der Waals surface area contributed by atoms with Crippen molar-refractivity contribution in [3.8, 4) is 0 Å². The van der Waals surface area contributed by atoms with Crippen molar-refractivity contribution in [2.45, 2.75) is 6.43 Å². The number of halogens is 5. The lowest BCUT2D eigenvalue weighted by molar-refractivity contribution is 0.146. The summed E-state index contributed by atoms with van der Waals surface area (Å²) in [5.41, 5.74) is -0.831. The zero-order chi connectivity index (χ0) is 11.9. The number of benzene rings is 1. The largest absolute Gasteiger partial charge is 0.280 e. The number of rotatable bonds is 1. The van der Waals surface area contributed by atoms with Gasteiger partial charge in [0.05, 0.1) is 15.9 Å². The van der Waals surface area contributed by atoms with Gasteiger partial charge in [0.1, 0.15) is 17.3 Å². The quantitative estimate of drug-likeness (QED) is 0.693. The molecule has 1 heterocycles. The van der Waals surface area contributed by atoms with Gasteiger partial charge in [0.2, 0.25) is 0 Å². The average Bonchev–Trinajstić information content (AvgIpc) is 2.15. The molecule has 0 aliphatic rings. The van der Waals surface area contributed by atoms with Crippen molar-refractivity contribution in [3.63, 3.8) is 0 Å². The Bertz CT molecular complexity index is 556. The molecular weight excluding hydrogens is 246 g/mol. The molecular formula is C10H4ClF4N. The van der Waals surface area contributed by atoms with Crippen LogP contribution in [0.1, 0.15) is 12.1 Å². The lowest BCUT2D eigenvalue weighted by Crippen LogP contribution is -1.94. The highest BCUT2D eigenvalue weighted by Crippen LogP contribution is 2.29. The molecule has 0 spiro atoms. The Balaban J connectivity index is 2.81. The van der Waals surface area contributed by atoms with E-state index in [4.69, 9.17) is 11.6 Å². The summed E-state index contributed by atoms with van der Waals surface area (Å²) in [5, 5.41) is -0.370. The maximum Gasteiger partial charge on any atom is 0.280 e. The van der Waals surface area contributed by atoms with E-state index in [1.165, 1.54) is 0 Å². The van der Waals surface area contributed by atoms with Gasteiger partial charge in [-0.1, -0.05) is 11.6 Å². The van der Waals surface area contributed by atoms with Crippen molar-refractivity contribution in [2.75, 3.05) is 0 Å². The van der Waals surface area contributed by atoms with E-state index < -0.39 is 23.8 Å². The van der Waals surface area contributed by atoms with E-state index in [0.29, 0.717) is 6.07 Å². The van der Waals surface area contributed by atoms with Gasteiger partial charge in [-0.2, -0.15) is 0 Å². The summed E-state index contributed by atoms with van der Waals surface area (Å²) in [7, 11) is 0. The van der Waals surface area contributed by atoms with Crippen molar-refractivity contribution in [1.82, 2.24) is 4.98 Å². The summed E-state index contributed by atoms with van der Waals surface area (Å²) in [5.74, 6) is -1.81. The van der Waals surface area contributed by atoms with Crippen LogP contribution in [-0.4, -0.2) is 4.98 Å². The number of nitrogens with zero attached hydrogens (tertiary/aromatic N) is 1. The molecule has 0 N–H and O–H groups in total. The third-order valence-corrected chi connectivity index (χ3v) is 2.32. The van der Waals surface area contributed by atoms with Crippen molar-refractivity contribution in [2.24, 2.45) is 0 Å². The maximum atomic E-state index is 13.3. The Morgan fingerprint density at radius 3 is 2.44 bits per heavy atom. The van der Waals surface area contributed by atoms with Crippen LogP contribution in [0.15, 0.2) is 18.2 Å². The molecule has 0 aliphatic heterocycles. The molecule has 0 saturated heterocycles. The second-order valence-corrected chi connectivity index (χ2v) is 3.52. The summed E-state index contributed by atoms with van der Waals surface area (Å²) in [6.45, 7) is 0. The van der Waals surface area contributed by atoms with Gasteiger partial charge in [0.25, 0.3) is 6.43 Å². The minimum absolute atomic E-state index is 0.160. The molecule has 0 amide bonds. The monoisotopic (exact) mass is 249 g/mol. The second kappa shape index (κ2) is 3.90. The molecule has 0 saturated carbocycles. The van der Waals surface area contributed by atoms with Crippen LogP contribution in [0.25, 0.3) is 10.9 Å². The summed E-state index contributed by atoms with van der Waals surface area (Å²) < 4.78 is 50.9. The lowest BCUT2D eigenvalue weighted by atomic mass is 10.2. The number of fused-ring (bicyclic) bond motifs is 1. The first-order chi connectivity index (χ1) is 7.49. The van der Waals surface area contributed by atoms with E-state index in [9.17, 15) is 17.6 Å². The third-order valence-electron chi connectivity index (χ3n) is 2.02. The highest BCUT2D eigenvalue weighted by Gasteiger charge is 2.15. The third kappa shape index (κ3) is 1.82. The molecule has 2 aromatic rings. The molecule has 84 valence electrons. The topological polar surface area (TPSA) is 12.9 Å². The fourth-order valence-corrected chi connectivity index (χ4v) is 1.67. The van der Waals surface area contributed by atoms with E-state index in [1.54, 1.807) is 0 Å². The first-order valence-electron chi connectivity index (χ1n) is 4.22. The molecule has 0 bridgehead atoms. The van der Waals surface area contributed by atoms with Crippen LogP contribution in [0.2, 0.25) is 5.02 Å². The van der Waals surface area contributed by atoms with E-state index in [2.05, 4.69) is 4.98 Å². The molecule has 0 aliphatic carbocycles. The van der Waals surface area contributed by atoms with Gasteiger partial charge >= 0.3 is 0 Å². The van der Waals surface area contributed by atoms with Gasteiger partial charge < -0.3 is 0 Å². The molecule has 16 heavy (non-hydrogen) atoms. The molecule has 0 fully saturated rings. The number of hydrogen-bond acceptors (Lipinski definition) is 1. The van der Waals surface area contributed by atoms with Gasteiger partial charge in [0.15, 0.2) is 0 Å². The minimum atomic E-state index is -2.84. The fourth-order valence-electron chi connectivity index (χ4n) is 1.37. The predicted octanol–water partition coefficient (Wildman–Crippen LogP) is 4.10. The van der Waals surface area contributed by atoms with E-state index in [1.807, 2.05) is 0 Å². The summed E-state index contributed by atoms with van der Waals surface area (Å²) in [6.07, 6.45) is -2.84. The molecule has 0 radical (unpaired) electrons. The molecule has 0 atom stereocenters. The Morgan fingerprint density at radius 2 is 1.81 bits per heavy atom. The van der Waals surface area contributed by atoms with Gasteiger partial charge in [0, 0.05) is 12.1 Å². The number of aromatic nitrogens is 1. The molecule has 6 heteroatoms. The minimum Gasteiger partial charge on any atom is -0.246 e. The van der Waals surface area contributed by atoms with E-state index in [-0.39, 0.29) is 15.9 Å². The number of alkyl halides is 2. The Labute approximate surface area is 92.7 Å². The summed E-state index contributed by atoms with van der Waals surface area (Å²) in [6, 6.07) is 2.35. The summed E-state index contributed by atoms with van der Waals surface area (Å²) >= 11 is 5.63. The van der Waals surface area contributed by atoms with Gasteiger partial charge in [-0.05, 0) is 6.07 Å². The fraction of sp³-hybridized carbons (Fsp3) is 0.100. The zero-order valence-corrected chi connectivity index (χ0v) is 8.40. The predicted molar refractivity (Wildman–Crippen MR) is 51.6 cm³/mol. The number of pyridine rings is 1. The van der Waals surface area contributed by atoms with Crippen LogP contribution in [0.5, 0.6) is 0 Å². The maximum absolute atomic E-state index is 13.3. The first-order valence-corrected chi connectivity index (χ1v) is 4.60. The van der Waals surface area contributed by atoms with Gasteiger partial charge in [-0.15, -0.1) is 0 Å². The van der Waals surface area contributed by atoms with Gasteiger partial charge in [-0.3, -0.25) is 0 Å². The first kappa shape index (κ1) is 11.1. The standard InChI is InChI=1S/C10H4ClF4N/c11-5-3-8(10(14)15)16-7-2-4(12)1-6(13)9(5)7/h1-3,10H. The Morgan fingerprint density at radius 1 is 1.12 bits per heavy atom. The van der Waals surface area contributed by atoms with Crippen molar-refractivity contribution in [3.05, 3.63) is 40.6 Å². The molecule has 0 unspecified atom stereocenters. The van der Waals surface area contributed by atoms with Crippen LogP contribution in [0.4, 0.5) is 17.6 Å². The van der Waals surface area contributed by atoms with Crippen LogP contribution >= 0.6 is 11.6 Å². The highest BCUT2D eigenvalue weighted by molar-refractivity contribution is 6.35. The average molecular weight is 250 g/mol. The second-order valence-electron chi connectivity index (χ2n) is 3.11. The van der Waals surface area contributed by atoms with E-state index >= 15 is 0 Å². The zero-order valence-electron chi connectivity index (χ0n) is 7.65. The normalized spacial score (nSPS) is 11.4. The van der Waals surface area contributed by atoms with Crippen LogP contribution < -0.4 is 0 Å². The van der Waals surface area contributed by atoms with Crippen LogP contribution in [0.3, 0.4) is 0 Å². The Kier molecular flexibility index (Phi) is 2.71. The molecule has 2 rings (SSSR count). The Hall–Kier alpha value is -1.36. The van der Waals surface area contributed by atoms with Crippen molar-refractivity contribution >= 4 is 22.5 Å². The van der Waals surface area contributed by atoms with Crippen LogP contribution in [0, 0.1) is 11.6 Å². The SMILES string of the molecule is Fc1cc(F)c2c(Cl)cc(C(F)F)nc2c1. The highest BCUT2D eigenvalue weighted by atomic mass is 35.5.